The average molecular weight is 304 g/mol. The van der Waals surface area contributed by atoms with E-state index in [1.165, 1.54) is 15.6 Å². The minimum absolute atomic E-state index is 0.0647. The molecule has 0 aliphatic carbocycles. The van der Waals surface area contributed by atoms with Crippen molar-refractivity contribution in [1.29, 1.82) is 0 Å². The van der Waals surface area contributed by atoms with E-state index < -0.39 is 10.0 Å². The summed E-state index contributed by atoms with van der Waals surface area (Å²) in [5, 5.41) is 4.74. The predicted octanol–water partition coefficient (Wildman–Crippen LogP) is 2.52. The highest BCUT2D eigenvalue weighted by Crippen LogP contribution is 2.29. The van der Waals surface area contributed by atoms with Gasteiger partial charge >= 0.3 is 0 Å². The zero-order chi connectivity index (χ0) is 14.8. The Morgan fingerprint density at radius 3 is 2.47 bits per heavy atom. The van der Waals surface area contributed by atoms with Crippen LogP contribution in [0.1, 0.15) is 32.6 Å². The molecule has 0 saturated heterocycles. The van der Waals surface area contributed by atoms with Gasteiger partial charge in [-0.3, -0.25) is 0 Å². The van der Waals surface area contributed by atoms with E-state index in [2.05, 4.69) is 5.32 Å². The molecule has 0 aliphatic rings. The standard InChI is InChI=1S/C13H24N2O2S2/c1-10(13(2,3)4)15(6)19(16,17)12-7-11(8-14-5)18-9-12/h7,9-10,14H,8H2,1-6H3. The van der Waals surface area contributed by atoms with Crippen LogP contribution < -0.4 is 5.32 Å². The summed E-state index contributed by atoms with van der Waals surface area (Å²) in [5.74, 6) is 0. The van der Waals surface area contributed by atoms with Crippen molar-refractivity contribution in [3.63, 3.8) is 0 Å². The van der Waals surface area contributed by atoms with Gasteiger partial charge in [0.15, 0.2) is 0 Å². The van der Waals surface area contributed by atoms with Gasteiger partial charge in [0.1, 0.15) is 0 Å². The minimum atomic E-state index is -3.40. The highest BCUT2D eigenvalue weighted by molar-refractivity contribution is 7.89. The lowest BCUT2D eigenvalue weighted by Crippen LogP contribution is -2.42. The molecule has 0 saturated carbocycles. The van der Waals surface area contributed by atoms with Crippen LogP contribution in [-0.2, 0) is 16.6 Å². The van der Waals surface area contributed by atoms with Crippen molar-refractivity contribution in [1.82, 2.24) is 9.62 Å². The fraction of sp³-hybridized carbons (Fsp3) is 0.692. The Labute approximate surface area is 120 Å². The summed E-state index contributed by atoms with van der Waals surface area (Å²) in [5.41, 5.74) is -0.0916. The third-order valence-corrected chi connectivity index (χ3v) is 6.45. The summed E-state index contributed by atoms with van der Waals surface area (Å²) >= 11 is 1.47. The maximum absolute atomic E-state index is 12.6. The lowest BCUT2D eigenvalue weighted by atomic mass is 9.88. The zero-order valence-corrected chi connectivity index (χ0v) is 14.2. The maximum atomic E-state index is 12.6. The first-order valence-corrected chi connectivity index (χ1v) is 8.62. The van der Waals surface area contributed by atoms with Crippen LogP contribution >= 0.6 is 11.3 Å². The van der Waals surface area contributed by atoms with E-state index in [0.717, 1.165) is 4.88 Å². The third-order valence-electron chi connectivity index (χ3n) is 3.46. The van der Waals surface area contributed by atoms with Crippen molar-refractivity contribution < 1.29 is 8.42 Å². The molecule has 0 spiro atoms. The number of hydrogen-bond donors (Lipinski definition) is 1. The second-order valence-corrected chi connectivity index (χ2v) is 8.84. The van der Waals surface area contributed by atoms with Crippen LogP contribution in [0, 0.1) is 5.41 Å². The number of rotatable bonds is 5. The lowest BCUT2D eigenvalue weighted by molar-refractivity contribution is 0.216. The van der Waals surface area contributed by atoms with Gasteiger partial charge in [0.2, 0.25) is 10.0 Å². The number of hydrogen-bond acceptors (Lipinski definition) is 4. The fourth-order valence-corrected chi connectivity index (χ4v) is 4.50. The van der Waals surface area contributed by atoms with Gasteiger partial charge in [-0.25, -0.2) is 8.42 Å². The van der Waals surface area contributed by atoms with Crippen LogP contribution in [0.25, 0.3) is 0 Å². The van der Waals surface area contributed by atoms with E-state index in [0.29, 0.717) is 11.4 Å². The Balaban J connectivity index is 3.02. The smallest absolute Gasteiger partial charge is 0.243 e. The van der Waals surface area contributed by atoms with E-state index in [1.54, 1.807) is 18.5 Å². The van der Waals surface area contributed by atoms with Crippen molar-refractivity contribution >= 4 is 21.4 Å². The zero-order valence-electron chi connectivity index (χ0n) is 12.5. The third kappa shape index (κ3) is 3.78. The first-order chi connectivity index (χ1) is 8.60. The van der Waals surface area contributed by atoms with Crippen molar-refractivity contribution in [3.8, 4) is 0 Å². The van der Waals surface area contributed by atoms with Crippen LogP contribution in [0.15, 0.2) is 16.3 Å². The molecular formula is C13H24N2O2S2. The first-order valence-electron chi connectivity index (χ1n) is 6.30. The summed E-state index contributed by atoms with van der Waals surface area (Å²) in [7, 11) is 0.0995. The molecule has 4 nitrogen and oxygen atoms in total. The molecule has 0 bridgehead atoms. The molecule has 1 atom stereocenters. The molecule has 0 aliphatic heterocycles. The molecule has 0 aromatic carbocycles. The highest BCUT2D eigenvalue weighted by atomic mass is 32.2. The van der Waals surface area contributed by atoms with Gasteiger partial charge in [-0.05, 0) is 25.5 Å². The van der Waals surface area contributed by atoms with Gasteiger partial charge in [-0.2, -0.15) is 4.31 Å². The van der Waals surface area contributed by atoms with Crippen LogP contribution in [0.5, 0.6) is 0 Å². The van der Waals surface area contributed by atoms with Gasteiger partial charge in [0.25, 0.3) is 0 Å². The Hall–Kier alpha value is -0.430. The SMILES string of the molecule is CNCc1cc(S(=O)(=O)N(C)C(C)C(C)(C)C)cs1. The van der Waals surface area contributed by atoms with E-state index in [9.17, 15) is 8.42 Å². The second kappa shape index (κ2) is 5.91. The molecule has 6 heteroatoms. The van der Waals surface area contributed by atoms with Crippen LogP contribution in [0.2, 0.25) is 0 Å². The largest absolute Gasteiger partial charge is 0.315 e. The number of nitrogens with one attached hydrogen (secondary N) is 1. The summed E-state index contributed by atoms with van der Waals surface area (Å²) in [6.07, 6.45) is 0. The Morgan fingerprint density at radius 1 is 1.42 bits per heavy atom. The summed E-state index contributed by atoms with van der Waals surface area (Å²) in [4.78, 5) is 1.42. The molecule has 0 amide bonds. The summed E-state index contributed by atoms with van der Waals surface area (Å²) in [6, 6.07) is 1.69. The fourth-order valence-electron chi connectivity index (χ4n) is 1.68. The second-order valence-electron chi connectivity index (χ2n) is 5.84. The van der Waals surface area contributed by atoms with Gasteiger partial charge in [-0.15, -0.1) is 11.3 Å². The van der Waals surface area contributed by atoms with E-state index in [1.807, 2.05) is 34.7 Å². The Kier molecular flexibility index (Phi) is 5.17. The predicted molar refractivity (Wildman–Crippen MR) is 80.9 cm³/mol. The van der Waals surface area contributed by atoms with E-state index >= 15 is 0 Å². The molecule has 1 aromatic heterocycles. The Morgan fingerprint density at radius 2 is 2.00 bits per heavy atom. The van der Waals surface area contributed by atoms with Crippen molar-refractivity contribution in [3.05, 3.63) is 16.3 Å². The molecule has 110 valence electrons. The molecule has 1 heterocycles. The van der Waals surface area contributed by atoms with Gasteiger partial charge in [-0.1, -0.05) is 20.8 Å². The minimum Gasteiger partial charge on any atom is -0.315 e. The van der Waals surface area contributed by atoms with Crippen LogP contribution in [0.4, 0.5) is 0 Å². The number of thiophene rings is 1. The van der Waals surface area contributed by atoms with Crippen LogP contribution in [-0.4, -0.2) is 32.9 Å². The van der Waals surface area contributed by atoms with Gasteiger partial charge in [0.05, 0.1) is 4.90 Å². The van der Waals surface area contributed by atoms with Gasteiger partial charge < -0.3 is 5.32 Å². The quantitative estimate of drug-likeness (QED) is 0.909. The lowest BCUT2D eigenvalue weighted by Gasteiger charge is -2.34. The van der Waals surface area contributed by atoms with Crippen molar-refractivity contribution in [2.45, 2.75) is 45.2 Å². The number of nitrogens with zero attached hydrogens (tertiary/aromatic N) is 1. The molecule has 19 heavy (non-hydrogen) atoms. The monoisotopic (exact) mass is 304 g/mol. The van der Waals surface area contributed by atoms with Gasteiger partial charge in [0, 0.05) is 29.9 Å². The number of sulfonamides is 1. The first kappa shape index (κ1) is 16.6. The summed E-state index contributed by atoms with van der Waals surface area (Å²) in [6.45, 7) is 8.77. The van der Waals surface area contributed by atoms with E-state index in [-0.39, 0.29) is 11.5 Å². The average Bonchev–Trinajstić information content (AvgIpc) is 2.75. The molecule has 0 fully saturated rings. The molecule has 1 aromatic rings. The maximum Gasteiger partial charge on any atom is 0.243 e. The molecule has 0 radical (unpaired) electrons. The topological polar surface area (TPSA) is 49.4 Å². The van der Waals surface area contributed by atoms with E-state index in [4.69, 9.17) is 0 Å². The van der Waals surface area contributed by atoms with Crippen molar-refractivity contribution in [2.75, 3.05) is 14.1 Å². The van der Waals surface area contributed by atoms with Crippen molar-refractivity contribution in [2.24, 2.45) is 5.41 Å². The summed E-state index contributed by atoms with van der Waals surface area (Å²) < 4.78 is 26.6. The Bertz CT molecular complexity index is 515. The molecule has 1 unspecified atom stereocenters. The molecular weight excluding hydrogens is 280 g/mol. The molecule has 1 N–H and O–H groups in total. The van der Waals surface area contributed by atoms with Crippen LogP contribution in [0.3, 0.4) is 0 Å². The highest BCUT2D eigenvalue weighted by Gasteiger charge is 2.32. The molecule has 1 rings (SSSR count). The normalized spacial score (nSPS) is 14.9.